The van der Waals surface area contributed by atoms with Gasteiger partial charge in [-0.05, 0) is 90.1 Å². The molecule has 10 N–H and O–H groups in total. The molecule has 61 heavy (non-hydrogen) atoms. The number of fused-ring (bicyclic) bond motifs is 2. The summed E-state index contributed by atoms with van der Waals surface area (Å²) in [7, 11) is 1.90. The summed E-state index contributed by atoms with van der Waals surface area (Å²) >= 11 is 0. The molecule has 8 atom stereocenters. The molecule has 2 aromatic carbocycles. The lowest BCUT2D eigenvalue weighted by Gasteiger charge is -2.53. The molecule has 2 saturated heterocycles. The van der Waals surface area contributed by atoms with Crippen molar-refractivity contribution in [1.29, 1.82) is 0 Å². The molecule has 0 radical (unpaired) electrons. The lowest BCUT2D eigenvalue weighted by Crippen LogP contribution is -2.80. The van der Waals surface area contributed by atoms with Crippen molar-refractivity contribution in [2.75, 3.05) is 57.2 Å². The van der Waals surface area contributed by atoms with E-state index >= 15 is 13.2 Å². The van der Waals surface area contributed by atoms with Crippen LogP contribution in [0.1, 0.15) is 89.2 Å². The second-order valence-corrected chi connectivity index (χ2v) is 17.6. The van der Waals surface area contributed by atoms with Gasteiger partial charge >= 0.3 is 0 Å². The number of benzene rings is 2. The number of halogens is 3. The van der Waals surface area contributed by atoms with Gasteiger partial charge in [-0.1, -0.05) is 31.4 Å². The molecule has 2 aromatic rings. The molecule has 0 bridgehead atoms. The number of allylic oxidation sites excluding steroid dienone is 2. The van der Waals surface area contributed by atoms with Crippen LogP contribution in [-0.4, -0.2) is 95.5 Å². The number of hydrogen-bond donors (Lipinski definition) is 10. The molecule has 6 aliphatic heterocycles. The van der Waals surface area contributed by atoms with Crippen molar-refractivity contribution in [2.45, 2.75) is 127 Å². The Bertz CT molecular complexity index is 1970. The van der Waals surface area contributed by atoms with Gasteiger partial charge in [0.25, 0.3) is 6.29 Å². The molecule has 17 heteroatoms. The number of nitrogens with one attached hydrogen (secondary N) is 10. The first-order valence-corrected chi connectivity index (χ1v) is 22.5. The van der Waals surface area contributed by atoms with Gasteiger partial charge in [0.15, 0.2) is 34.6 Å². The summed E-state index contributed by atoms with van der Waals surface area (Å²) < 4.78 is 74.9. The first-order valence-electron chi connectivity index (χ1n) is 22.5. The average Bonchev–Trinajstić information content (AvgIpc) is 3.66. The maximum atomic E-state index is 17.0. The van der Waals surface area contributed by atoms with Gasteiger partial charge < -0.3 is 45.5 Å². The Morgan fingerprint density at radius 2 is 1.51 bits per heavy atom. The van der Waals surface area contributed by atoms with Gasteiger partial charge in [-0.2, -0.15) is 0 Å². The van der Waals surface area contributed by atoms with E-state index in [1.165, 1.54) is 0 Å². The molecular weight excluding hydrogens is 790 g/mol. The van der Waals surface area contributed by atoms with Crippen LogP contribution in [0, 0.1) is 17.6 Å². The summed E-state index contributed by atoms with van der Waals surface area (Å²) in [6.07, 6.45) is 9.32. The monoisotopic (exact) mass is 852 g/mol. The van der Waals surface area contributed by atoms with Crippen molar-refractivity contribution in [3.05, 3.63) is 47.0 Å². The van der Waals surface area contributed by atoms with E-state index in [1.54, 1.807) is 12.1 Å². The average molecular weight is 853 g/mol. The van der Waals surface area contributed by atoms with Crippen LogP contribution in [-0.2, 0) is 0 Å². The van der Waals surface area contributed by atoms with Crippen molar-refractivity contribution < 1.29 is 32.1 Å². The smallest absolute Gasteiger partial charge is 0.253 e. The molecule has 14 nitrogen and oxygen atoms in total. The van der Waals surface area contributed by atoms with E-state index in [0.29, 0.717) is 60.1 Å². The minimum atomic E-state index is -1.38. The molecular formula is C44H63F3N10O4. The molecule has 8 unspecified atom stereocenters. The lowest BCUT2D eigenvalue weighted by atomic mass is 9.81. The Morgan fingerprint density at radius 3 is 2.25 bits per heavy atom. The fourth-order valence-corrected chi connectivity index (χ4v) is 10.2. The van der Waals surface area contributed by atoms with Crippen LogP contribution in [0.15, 0.2) is 24.3 Å². The third kappa shape index (κ3) is 8.90. The molecule has 7 aliphatic rings. The van der Waals surface area contributed by atoms with Crippen molar-refractivity contribution in [1.82, 2.24) is 42.5 Å². The van der Waals surface area contributed by atoms with Crippen molar-refractivity contribution in [2.24, 2.45) is 5.92 Å². The zero-order valence-corrected chi connectivity index (χ0v) is 35.5. The van der Waals surface area contributed by atoms with E-state index in [-0.39, 0.29) is 42.8 Å². The maximum Gasteiger partial charge on any atom is 0.253 e. The normalized spacial score (nSPS) is 31.8. The molecule has 1 saturated carbocycles. The van der Waals surface area contributed by atoms with Crippen molar-refractivity contribution >= 4 is 22.5 Å². The SMILES string of the molecule is CNC1CC(C)NC(Nc2cc3c(c(C4=CCNCCC4)c2F)OC(CNC2NC(Nc4cc5c(c(C6=CCNCCC6)c4F)OCO5)(C4CCCCC4)NC(C)C2F)O3)N1. The fraction of sp³-hybridized carbons (Fsp3) is 0.636. The standard InChI is InChI=1S/C44H63F3N10O4/c1-24-19-33(48-3)54-43(52-24)53-29-20-32-41(36(38(29)46)27-10-8-16-50-18-14-27)61-34(60-32)22-51-42-37(45)25(2)55-44(57-42,28-11-5-4-6-12-28)56-30-21-31-40(59-23-58-31)35(39(30)47)26-9-7-15-49-17-13-26/h13-14,20-21,24-25,28,33-34,37,42-43,48-57H,4-12,15-19,22-23H2,1-3H3. The van der Waals surface area contributed by atoms with Crippen LogP contribution in [0.2, 0.25) is 0 Å². The summed E-state index contributed by atoms with van der Waals surface area (Å²) in [6, 6.07) is 2.88. The van der Waals surface area contributed by atoms with Crippen LogP contribution in [0.3, 0.4) is 0 Å². The second-order valence-electron chi connectivity index (χ2n) is 17.6. The molecule has 0 amide bonds. The highest BCUT2D eigenvalue weighted by Crippen LogP contribution is 2.48. The first kappa shape index (κ1) is 42.5. The highest BCUT2D eigenvalue weighted by molar-refractivity contribution is 5.80. The van der Waals surface area contributed by atoms with E-state index in [1.807, 2.05) is 26.1 Å². The Morgan fingerprint density at radius 1 is 0.803 bits per heavy atom. The van der Waals surface area contributed by atoms with Gasteiger partial charge in [0.2, 0.25) is 6.79 Å². The molecule has 334 valence electrons. The minimum absolute atomic E-state index is 0.00313. The summed E-state index contributed by atoms with van der Waals surface area (Å²) in [5.74, 6) is -0.301. The quantitative estimate of drug-likeness (QED) is 0.152. The summed E-state index contributed by atoms with van der Waals surface area (Å²) in [4.78, 5) is 0. The van der Waals surface area contributed by atoms with Gasteiger partial charge in [-0.3, -0.25) is 26.6 Å². The van der Waals surface area contributed by atoms with Gasteiger partial charge in [0.1, 0.15) is 18.2 Å². The third-order valence-electron chi connectivity index (χ3n) is 13.3. The fourth-order valence-electron chi connectivity index (χ4n) is 10.2. The van der Waals surface area contributed by atoms with Gasteiger partial charge in [0, 0.05) is 43.2 Å². The van der Waals surface area contributed by atoms with Crippen LogP contribution < -0.4 is 72.1 Å². The van der Waals surface area contributed by atoms with E-state index < -0.39 is 48.4 Å². The molecule has 1 aliphatic carbocycles. The Hall–Kier alpha value is -3.81. The second kappa shape index (κ2) is 18.5. The third-order valence-corrected chi connectivity index (χ3v) is 13.3. The van der Waals surface area contributed by atoms with Crippen LogP contribution in [0.25, 0.3) is 11.1 Å². The number of rotatable bonds is 11. The topological polar surface area (TPSA) is 157 Å². The minimum Gasteiger partial charge on any atom is -0.453 e. The van der Waals surface area contributed by atoms with E-state index in [2.05, 4.69) is 60.1 Å². The predicted octanol–water partition coefficient (Wildman–Crippen LogP) is 4.72. The predicted molar refractivity (Wildman–Crippen MR) is 230 cm³/mol. The van der Waals surface area contributed by atoms with Crippen molar-refractivity contribution in [3.8, 4) is 23.0 Å². The Kier molecular flexibility index (Phi) is 12.9. The zero-order valence-electron chi connectivity index (χ0n) is 35.5. The van der Waals surface area contributed by atoms with E-state index in [4.69, 9.17) is 18.9 Å². The Balaban J connectivity index is 0.977. The Labute approximate surface area is 356 Å². The van der Waals surface area contributed by atoms with Crippen LogP contribution in [0.5, 0.6) is 23.0 Å². The number of ether oxygens (including phenoxy) is 4. The van der Waals surface area contributed by atoms with E-state index in [0.717, 1.165) is 75.6 Å². The molecule has 9 rings (SSSR count). The van der Waals surface area contributed by atoms with E-state index in [9.17, 15) is 0 Å². The van der Waals surface area contributed by atoms with Crippen molar-refractivity contribution in [3.63, 3.8) is 0 Å². The summed E-state index contributed by atoms with van der Waals surface area (Å²) in [5.41, 5.74) is 3.03. The number of alkyl halides is 1. The van der Waals surface area contributed by atoms with Crippen LogP contribution >= 0.6 is 0 Å². The van der Waals surface area contributed by atoms with Gasteiger partial charge in [0.05, 0.1) is 41.4 Å². The highest BCUT2D eigenvalue weighted by atomic mass is 19.1. The van der Waals surface area contributed by atoms with Crippen LogP contribution in [0.4, 0.5) is 24.5 Å². The largest absolute Gasteiger partial charge is 0.453 e. The number of hydrogen-bond acceptors (Lipinski definition) is 14. The zero-order chi connectivity index (χ0) is 42.1. The lowest BCUT2D eigenvalue weighted by molar-refractivity contribution is 0.00118. The maximum absolute atomic E-state index is 17.0. The van der Waals surface area contributed by atoms with Gasteiger partial charge in [-0.25, -0.2) is 13.2 Å². The first-order chi connectivity index (χ1) is 29.7. The molecule has 6 heterocycles. The molecule has 0 aromatic heterocycles. The summed E-state index contributed by atoms with van der Waals surface area (Å²) in [5, 5.41) is 34.3. The highest BCUT2D eigenvalue weighted by Gasteiger charge is 2.50. The summed E-state index contributed by atoms with van der Waals surface area (Å²) in [6.45, 7) is 6.92. The molecule has 0 spiro atoms. The molecule has 3 fully saturated rings. The number of anilines is 2. The van der Waals surface area contributed by atoms with Gasteiger partial charge in [-0.15, -0.1) is 0 Å².